The van der Waals surface area contributed by atoms with E-state index in [-0.39, 0.29) is 23.6 Å². The number of amides is 3. The molecule has 5 nitrogen and oxygen atoms in total. The van der Waals surface area contributed by atoms with Crippen molar-refractivity contribution in [2.75, 3.05) is 10.2 Å². The van der Waals surface area contributed by atoms with Gasteiger partial charge in [-0.15, -0.1) is 0 Å². The molecule has 218 valence electrons. The minimum atomic E-state index is -0.760. The lowest BCUT2D eigenvalue weighted by Crippen LogP contribution is -2.50. The van der Waals surface area contributed by atoms with E-state index in [1.165, 1.54) is 49.8 Å². The van der Waals surface area contributed by atoms with Gasteiger partial charge in [0.2, 0.25) is 17.7 Å². The van der Waals surface area contributed by atoms with Crippen LogP contribution in [0.4, 0.5) is 11.4 Å². The van der Waals surface area contributed by atoms with Gasteiger partial charge in [-0.1, -0.05) is 123 Å². The van der Waals surface area contributed by atoms with Crippen LogP contribution in [-0.4, -0.2) is 17.7 Å². The monoisotopic (exact) mass is 626 g/mol. The molecule has 42 heavy (non-hydrogen) atoms. The Labute approximate surface area is 257 Å². The molecule has 0 saturated carbocycles. The van der Waals surface area contributed by atoms with Crippen LogP contribution in [0.3, 0.4) is 0 Å². The number of hydrogen-bond acceptors (Lipinski definition) is 3. The number of carbonyl (C=O) groups is 3. The molecule has 1 aliphatic heterocycles. The van der Waals surface area contributed by atoms with E-state index >= 15 is 0 Å². The molecule has 0 unspecified atom stereocenters. The molecule has 7 rings (SSSR count). The van der Waals surface area contributed by atoms with Gasteiger partial charge >= 0.3 is 0 Å². The van der Waals surface area contributed by atoms with Gasteiger partial charge in [-0.05, 0) is 52.9 Å². The largest absolute Gasteiger partial charge is 0.326 e. The number of anilines is 2. The van der Waals surface area contributed by atoms with Crippen LogP contribution in [0, 0.1) is 11.8 Å². The van der Waals surface area contributed by atoms with Crippen molar-refractivity contribution in [3.8, 4) is 0 Å². The summed E-state index contributed by atoms with van der Waals surface area (Å²) < 4.78 is -0.760. The fourth-order valence-corrected chi connectivity index (χ4v) is 8.65. The molecule has 0 aromatic heterocycles. The van der Waals surface area contributed by atoms with Crippen LogP contribution >= 0.6 is 15.9 Å². The molecule has 3 aromatic carbocycles. The van der Waals surface area contributed by atoms with Gasteiger partial charge in [-0.2, -0.15) is 0 Å². The molecule has 3 amide bonds. The van der Waals surface area contributed by atoms with Gasteiger partial charge in [-0.25, -0.2) is 4.90 Å². The predicted molar refractivity (Wildman–Crippen MR) is 171 cm³/mol. The topological polar surface area (TPSA) is 66.5 Å². The summed E-state index contributed by atoms with van der Waals surface area (Å²) in [5.41, 5.74) is 5.59. The molecular formula is C36H39BrN2O3. The molecule has 1 heterocycles. The van der Waals surface area contributed by atoms with Crippen molar-refractivity contribution >= 4 is 45.0 Å². The Hall–Kier alpha value is -3.25. The summed E-state index contributed by atoms with van der Waals surface area (Å²) in [6.07, 6.45) is 11.4. The first-order valence-electron chi connectivity index (χ1n) is 15.6. The second kappa shape index (κ2) is 12.2. The van der Waals surface area contributed by atoms with Crippen molar-refractivity contribution in [1.82, 2.24) is 0 Å². The van der Waals surface area contributed by atoms with Gasteiger partial charge in [0.05, 0.1) is 21.8 Å². The van der Waals surface area contributed by atoms with Gasteiger partial charge in [0, 0.05) is 18.0 Å². The number of nitrogens with zero attached hydrogens (tertiary/aromatic N) is 1. The normalized spacial score (nSPS) is 23.5. The van der Waals surface area contributed by atoms with Crippen LogP contribution in [0.15, 0.2) is 72.8 Å². The zero-order chi connectivity index (χ0) is 29.3. The zero-order valence-corrected chi connectivity index (χ0v) is 25.9. The van der Waals surface area contributed by atoms with E-state index in [1.807, 2.05) is 24.3 Å². The number of unbranched alkanes of at least 4 members (excludes halogenated alkanes) is 8. The van der Waals surface area contributed by atoms with Crippen molar-refractivity contribution in [2.24, 2.45) is 11.8 Å². The number of benzene rings is 3. The first-order chi connectivity index (χ1) is 20.5. The fourth-order valence-electron chi connectivity index (χ4n) is 7.45. The van der Waals surface area contributed by atoms with Crippen LogP contribution < -0.4 is 10.2 Å². The molecule has 6 heteroatoms. The second-order valence-corrected chi connectivity index (χ2v) is 13.3. The Bertz CT molecular complexity index is 1440. The standard InChI is InChI=1S/C36H39BrN2O3/c1-2-3-4-5-6-7-8-9-10-19-30(40)38-24-20-22-25(23-21-24)39-34(41)32-31-26-15-11-13-17-28(26)36(37,33(32)35(39)42)29-18-14-12-16-27(29)31/h11-18,20-23,31-33H,2-10,19H2,1H3,(H,38,40)/t31?,32-,33-,36?/m0/s1. The van der Waals surface area contributed by atoms with Crippen molar-refractivity contribution in [3.63, 3.8) is 0 Å². The lowest BCUT2D eigenvalue weighted by molar-refractivity contribution is -0.122. The molecule has 1 fully saturated rings. The maximum Gasteiger partial charge on any atom is 0.239 e. The third kappa shape index (κ3) is 4.92. The Morgan fingerprint density at radius 3 is 1.90 bits per heavy atom. The molecule has 0 spiro atoms. The number of nitrogens with one attached hydrogen (secondary N) is 1. The van der Waals surface area contributed by atoms with E-state index in [2.05, 4.69) is 52.4 Å². The molecule has 2 atom stereocenters. The molecule has 2 bridgehead atoms. The average molecular weight is 628 g/mol. The van der Waals surface area contributed by atoms with E-state index in [1.54, 1.807) is 24.3 Å². The highest BCUT2D eigenvalue weighted by Gasteiger charge is 2.67. The van der Waals surface area contributed by atoms with Gasteiger partial charge in [0.1, 0.15) is 0 Å². The number of rotatable bonds is 12. The van der Waals surface area contributed by atoms with Crippen molar-refractivity contribution in [1.29, 1.82) is 0 Å². The first-order valence-corrected chi connectivity index (χ1v) is 16.4. The summed E-state index contributed by atoms with van der Waals surface area (Å²) in [4.78, 5) is 42.0. The minimum absolute atomic E-state index is 0.00150. The third-order valence-corrected chi connectivity index (χ3v) is 10.8. The number of carbonyl (C=O) groups excluding carboxylic acids is 3. The quantitative estimate of drug-likeness (QED) is 0.125. The van der Waals surface area contributed by atoms with Gasteiger partial charge < -0.3 is 5.32 Å². The van der Waals surface area contributed by atoms with Crippen LogP contribution in [0.2, 0.25) is 0 Å². The zero-order valence-electron chi connectivity index (χ0n) is 24.3. The van der Waals surface area contributed by atoms with Gasteiger partial charge in [-0.3, -0.25) is 14.4 Å². The van der Waals surface area contributed by atoms with Crippen LogP contribution in [0.1, 0.15) is 99.3 Å². The van der Waals surface area contributed by atoms with Crippen LogP contribution in [0.5, 0.6) is 0 Å². The summed E-state index contributed by atoms with van der Waals surface area (Å²) in [6.45, 7) is 2.24. The highest BCUT2D eigenvalue weighted by atomic mass is 79.9. The molecule has 1 N–H and O–H groups in total. The third-order valence-electron chi connectivity index (χ3n) is 9.43. The molecule has 1 saturated heterocycles. The summed E-state index contributed by atoms with van der Waals surface area (Å²) >= 11 is 4.04. The summed E-state index contributed by atoms with van der Waals surface area (Å²) in [7, 11) is 0. The maximum absolute atomic E-state index is 14.1. The fraction of sp³-hybridized carbons (Fsp3) is 0.417. The van der Waals surface area contributed by atoms with Crippen LogP contribution in [0.25, 0.3) is 0 Å². The highest BCUT2D eigenvalue weighted by Crippen LogP contribution is 2.66. The number of halogens is 1. The lowest BCUT2D eigenvalue weighted by Gasteiger charge is -2.51. The predicted octanol–water partition coefficient (Wildman–Crippen LogP) is 8.45. The summed E-state index contributed by atoms with van der Waals surface area (Å²) in [5, 5.41) is 2.98. The minimum Gasteiger partial charge on any atom is -0.326 e. The summed E-state index contributed by atoms with van der Waals surface area (Å²) in [6, 6.07) is 23.5. The lowest BCUT2D eigenvalue weighted by atomic mass is 9.55. The molecular weight excluding hydrogens is 588 g/mol. The van der Waals surface area contributed by atoms with E-state index < -0.39 is 16.2 Å². The number of hydrogen-bond donors (Lipinski definition) is 1. The molecule has 3 aromatic rings. The maximum atomic E-state index is 14.1. The average Bonchev–Trinajstić information content (AvgIpc) is 3.28. The molecule has 0 radical (unpaired) electrons. The van der Waals surface area contributed by atoms with Gasteiger partial charge in [0.25, 0.3) is 0 Å². The molecule has 3 aliphatic carbocycles. The SMILES string of the molecule is CCCCCCCCCCCC(=O)Nc1ccc(N2C(=O)[C@@H]3[C@@H](C2=O)C2c4ccccc4C3(Br)c3ccccc32)cc1. The Kier molecular flexibility index (Phi) is 8.35. The van der Waals surface area contributed by atoms with Gasteiger partial charge in [0.15, 0.2) is 0 Å². The van der Waals surface area contributed by atoms with Crippen molar-refractivity contribution in [3.05, 3.63) is 95.1 Å². The van der Waals surface area contributed by atoms with E-state index in [4.69, 9.17) is 0 Å². The number of alkyl halides is 1. The molecule has 4 aliphatic rings. The van der Waals surface area contributed by atoms with E-state index in [0.29, 0.717) is 17.8 Å². The van der Waals surface area contributed by atoms with E-state index in [0.717, 1.165) is 35.1 Å². The first kappa shape index (κ1) is 28.9. The smallest absolute Gasteiger partial charge is 0.239 e. The second-order valence-electron chi connectivity index (χ2n) is 12.1. The van der Waals surface area contributed by atoms with Crippen molar-refractivity contribution in [2.45, 2.75) is 81.4 Å². The van der Waals surface area contributed by atoms with Crippen molar-refractivity contribution < 1.29 is 14.4 Å². The van der Waals surface area contributed by atoms with Crippen LogP contribution in [-0.2, 0) is 18.7 Å². The Balaban J connectivity index is 1.11. The van der Waals surface area contributed by atoms with E-state index in [9.17, 15) is 14.4 Å². The summed E-state index contributed by atoms with van der Waals surface area (Å²) in [5.74, 6) is -1.52. The number of imide groups is 1. The highest BCUT2D eigenvalue weighted by molar-refractivity contribution is 9.09. The Morgan fingerprint density at radius 2 is 1.31 bits per heavy atom. The Morgan fingerprint density at radius 1 is 0.762 bits per heavy atom.